The lowest BCUT2D eigenvalue weighted by atomic mass is 10.0. The highest BCUT2D eigenvalue weighted by atomic mass is 19.4. The SMILES string of the molecule is Cc1cccc(COc2ccc3ccccc3c2/C=C(\C#N)C(=O)Nc2cccc(C(F)(F)F)c2)c1. The average Bonchev–Trinajstić information content (AvgIpc) is 2.86. The maximum Gasteiger partial charge on any atom is 0.416 e. The Kier molecular flexibility index (Phi) is 7.07. The summed E-state index contributed by atoms with van der Waals surface area (Å²) in [6, 6.07) is 25.1. The minimum absolute atomic E-state index is 0.0650. The predicted molar refractivity (Wildman–Crippen MR) is 133 cm³/mol. The third kappa shape index (κ3) is 5.73. The Hall–Kier alpha value is -4.57. The molecule has 0 unspecified atom stereocenters. The molecule has 1 amide bonds. The van der Waals surface area contributed by atoms with Gasteiger partial charge in [-0.05, 0) is 53.6 Å². The highest BCUT2D eigenvalue weighted by molar-refractivity contribution is 6.11. The van der Waals surface area contributed by atoms with Crippen LogP contribution in [0.25, 0.3) is 16.8 Å². The number of aryl methyl sites for hydroxylation is 1. The molecule has 4 nitrogen and oxygen atoms in total. The van der Waals surface area contributed by atoms with E-state index in [1.807, 2.05) is 67.6 Å². The number of alkyl halides is 3. The normalized spacial score (nSPS) is 11.7. The Morgan fingerprint density at radius 2 is 1.78 bits per heavy atom. The van der Waals surface area contributed by atoms with E-state index in [0.29, 0.717) is 11.3 Å². The van der Waals surface area contributed by atoms with Crippen molar-refractivity contribution in [1.29, 1.82) is 5.26 Å². The number of fused-ring (bicyclic) bond motifs is 1. The van der Waals surface area contributed by atoms with Gasteiger partial charge in [0.1, 0.15) is 24.0 Å². The molecule has 0 heterocycles. The van der Waals surface area contributed by atoms with Gasteiger partial charge in [0.2, 0.25) is 0 Å². The molecule has 7 heteroatoms. The van der Waals surface area contributed by atoms with Gasteiger partial charge in [0.25, 0.3) is 5.91 Å². The molecular formula is C29H21F3N2O2. The summed E-state index contributed by atoms with van der Waals surface area (Å²) in [5.74, 6) is -0.357. The molecule has 0 aromatic heterocycles. The minimum atomic E-state index is -4.55. The van der Waals surface area contributed by atoms with Crippen LogP contribution in [0.5, 0.6) is 5.75 Å². The first kappa shape index (κ1) is 24.6. The minimum Gasteiger partial charge on any atom is -0.488 e. The van der Waals surface area contributed by atoms with Crippen molar-refractivity contribution in [3.05, 3.63) is 113 Å². The molecular weight excluding hydrogens is 465 g/mol. The number of hydrogen-bond acceptors (Lipinski definition) is 3. The molecule has 0 saturated heterocycles. The molecule has 0 aliphatic rings. The van der Waals surface area contributed by atoms with E-state index in [-0.39, 0.29) is 17.9 Å². The smallest absolute Gasteiger partial charge is 0.416 e. The van der Waals surface area contributed by atoms with Crippen molar-refractivity contribution >= 4 is 28.4 Å². The zero-order valence-electron chi connectivity index (χ0n) is 19.3. The summed E-state index contributed by atoms with van der Waals surface area (Å²) in [6.45, 7) is 2.26. The summed E-state index contributed by atoms with van der Waals surface area (Å²) in [5.41, 5.74) is 1.34. The Morgan fingerprint density at radius 1 is 1.00 bits per heavy atom. The summed E-state index contributed by atoms with van der Waals surface area (Å²) in [6.07, 6.45) is -3.15. The van der Waals surface area contributed by atoms with Gasteiger partial charge in [-0.1, -0.05) is 66.2 Å². The summed E-state index contributed by atoms with van der Waals surface area (Å²) in [7, 11) is 0. The van der Waals surface area contributed by atoms with E-state index < -0.39 is 17.6 Å². The molecule has 36 heavy (non-hydrogen) atoms. The van der Waals surface area contributed by atoms with E-state index >= 15 is 0 Å². The first-order valence-electron chi connectivity index (χ1n) is 11.0. The Bertz CT molecular complexity index is 1500. The van der Waals surface area contributed by atoms with Crippen molar-refractivity contribution in [3.63, 3.8) is 0 Å². The number of rotatable bonds is 6. The van der Waals surface area contributed by atoms with Crippen LogP contribution in [0.4, 0.5) is 18.9 Å². The average molecular weight is 486 g/mol. The highest BCUT2D eigenvalue weighted by Crippen LogP contribution is 2.32. The monoisotopic (exact) mass is 486 g/mol. The predicted octanol–water partition coefficient (Wildman–Crippen LogP) is 7.29. The molecule has 180 valence electrons. The van der Waals surface area contributed by atoms with Crippen LogP contribution in [0.1, 0.15) is 22.3 Å². The standard InChI is InChI=1S/C29H21F3N2O2/c1-19-6-4-7-20(14-19)18-36-27-13-12-21-8-2-3-11-25(21)26(27)15-22(17-33)28(35)34-24-10-5-9-23(16-24)29(30,31)32/h2-16H,18H2,1H3,(H,34,35)/b22-15+. The lowest BCUT2D eigenvalue weighted by molar-refractivity contribution is -0.137. The Labute approximate surface area is 206 Å². The van der Waals surface area contributed by atoms with E-state index in [2.05, 4.69) is 5.32 Å². The molecule has 0 aliphatic carbocycles. The van der Waals surface area contributed by atoms with Gasteiger partial charge in [0.05, 0.1) is 5.56 Å². The second-order valence-corrected chi connectivity index (χ2v) is 8.18. The molecule has 0 spiro atoms. The third-order valence-corrected chi connectivity index (χ3v) is 5.51. The van der Waals surface area contributed by atoms with Crippen molar-refractivity contribution in [2.75, 3.05) is 5.32 Å². The number of hydrogen-bond donors (Lipinski definition) is 1. The van der Waals surface area contributed by atoms with Gasteiger partial charge < -0.3 is 10.1 Å². The van der Waals surface area contributed by atoms with Crippen LogP contribution in [0.15, 0.2) is 90.5 Å². The second kappa shape index (κ2) is 10.4. The van der Waals surface area contributed by atoms with Crippen LogP contribution in [-0.4, -0.2) is 5.91 Å². The van der Waals surface area contributed by atoms with Crippen molar-refractivity contribution in [2.45, 2.75) is 19.7 Å². The van der Waals surface area contributed by atoms with Gasteiger partial charge in [-0.3, -0.25) is 4.79 Å². The van der Waals surface area contributed by atoms with Crippen LogP contribution in [-0.2, 0) is 17.6 Å². The summed E-state index contributed by atoms with van der Waals surface area (Å²) in [4.78, 5) is 12.8. The number of carbonyl (C=O) groups excluding carboxylic acids is 1. The fourth-order valence-electron chi connectivity index (χ4n) is 3.78. The lowest BCUT2D eigenvalue weighted by Gasteiger charge is -2.13. The fourth-order valence-corrected chi connectivity index (χ4v) is 3.78. The molecule has 0 aliphatic heterocycles. The number of nitriles is 1. The first-order chi connectivity index (χ1) is 17.2. The van der Waals surface area contributed by atoms with Gasteiger partial charge in [-0.2, -0.15) is 18.4 Å². The first-order valence-corrected chi connectivity index (χ1v) is 11.0. The molecule has 4 rings (SSSR count). The number of amides is 1. The van der Waals surface area contributed by atoms with Gasteiger partial charge >= 0.3 is 6.18 Å². The molecule has 0 bridgehead atoms. The molecule has 0 saturated carbocycles. The van der Waals surface area contributed by atoms with Gasteiger partial charge in [0.15, 0.2) is 0 Å². The van der Waals surface area contributed by atoms with E-state index in [1.54, 1.807) is 6.07 Å². The molecule has 0 atom stereocenters. The van der Waals surface area contributed by atoms with Crippen LogP contribution in [0.3, 0.4) is 0 Å². The Morgan fingerprint density at radius 3 is 2.53 bits per heavy atom. The molecule has 4 aromatic rings. The van der Waals surface area contributed by atoms with Crippen LogP contribution < -0.4 is 10.1 Å². The fraction of sp³-hybridized carbons (Fsp3) is 0.103. The number of benzene rings is 4. The maximum atomic E-state index is 13.0. The van der Waals surface area contributed by atoms with Gasteiger partial charge in [-0.15, -0.1) is 0 Å². The second-order valence-electron chi connectivity index (χ2n) is 8.18. The van der Waals surface area contributed by atoms with Crippen molar-refractivity contribution in [2.24, 2.45) is 0 Å². The Balaban J connectivity index is 1.68. The quantitative estimate of drug-likeness (QED) is 0.230. The molecule has 4 aromatic carbocycles. The molecule has 0 fully saturated rings. The summed E-state index contributed by atoms with van der Waals surface area (Å²) in [5, 5.41) is 13.7. The number of nitrogens with zero attached hydrogens (tertiary/aromatic N) is 1. The molecule has 1 N–H and O–H groups in total. The highest BCUT2D eigenvalue weighted by Gasteiger charge is 2.30. The number of ether oxygens (including phenoxy) is 1. The molecule has 0 radical (unpaired) electrons. The van der Waals surface area contributed by atoms with E-state index in [0.717, 1.165) is 34.0 Å². The maximum absolute atomic E-state index is 13.0. The number of anilines is 1. The number of halogens is 3. The van der Waals surface area contributed by atoms with Crippen molar-refractivity contribution < 1.29 is 22.7 Å². The zero-order valence-corrected chi connectivity index (χ0v) is 19.3. The largest absolute Gasteiger partial charge is 0.488 e. The number of carbonyl (C=O) groups is 1. The zero-order chi connectivity index (χ0) is 25.7. The van der Waals surface area contributed by atoms with E-state index in [1.165, 1.54) is 18.2 Å². The van der Waals surface area contributed by atoms with Crippen molar-refractivity contribution in [1.82, 2.24) is 0 Å². The third-order valence-electron chi connectivity index (χ3n) is 5.51. The van der Waals surface area contributed by atoms with E-state index in [9.17, 15) is 23.2 Å². The van der Waals surface area contributed by atoms with Gasteiger partial charge in [-0.25, -0.2) is 0 Å². The number of nitrogens with one attached hydrogen (secondary N) is 1. The lowest BCUT2D eigenvalue weighted by Crippen LogP contribution is -2.14. The summed E-state index contributed by atoms with van der Waals surface area (Å²) >= 11 is 0. The van der Waals surface area contributed by atoms with E-state index in [4.69, 9.17) is 4.74 Å². The van der Waals surface area contributed by atoms with Crippen LogP contribution in [0.2, 0.25) is 0 Å². The van der Waals surface area contributed by atoms with Crippen molar-refractivity contribution in [3.8, 4) is 11.8 Å². The van der Waals surface area contributed by atoms with Gasteiger partial charge in [0, 0.05) is 11.3 Å². The van der Waals surface area contributed by atoms with Crippen LogP contribution >= 0.6 is 0 Å². The topological polar surface area (TPSA) is 62.1 Å². The van der Waals surface area contributed by atoms with Crippen LogP contribution in [0, 0.1) is 18.3 Å². The summed E-state index contributed by atoms with van der Waals surface area (Å²) < 4.78 is 45.2.